The van der Waals surface area contributed by atoms with Crippen molar-refractivity contribution in [3.8, 4) is 22.8 Å². The second kappa shape index (κ2) is 7.14. The number of halogens is 1. The highest BCUT2D eigenvalue weighted by Crippen LogP contribution is 2.36. The van der Waals surface area contributed by atoms with Crippen molar-refractivity contribution in [1.29, 1.82) is 0 Å². The molecular formula is C19H19FN6OS. The first kappa shape index (κ1) is 17.6. The molecule has 28 heavy (non-hydrogen) atoms. The number of fused-ring (bicyclic) bond motifs is 2. The Kier molecular flexibility index (Phi) is 4.48. The van der Waals surface area contributed by atoms with Gasteiger partial charge in [-0.05, 0) is 31.7 Å². The number of aromatic hydroxyl groups is 1. The maximum Gasteiger partial charge on any atom is 0.185 e. The molecule has 2 atom stereocenters. The largest absolute Gasteiger partial charge is 0.507 e. The molecule has 2 bridgehead atoms. The molecule has 0 amide bonds. The van der Waals surface area contributed by atoms with Crippen LogP contribution in [-0.2, 0) is 0 Å². The average Bonchev–Trinajstić information content (AvgIpc) is 3.34. The molecule has 4 heterocycles. The fraction of sp³-hybridized carbons (Fsp3) is 0.368. The van der Waals surface area contributed by atoms with Gasteiger partial charge in [-0.15, -0.1) is 10.2 Å². The molecule has 0 saturated carbocycles. The standard InChI is InChI=1S/C19H19FN6OS/c20-15-7-14(17(27)8-16(15)26-4-3-21-10-26)19-22-9-18(24-25-19)28-13-5-11-1-2-12(6-13)23-11/h3-4,7-13,23,27H,1-2,5-6H2. The molecular weight excluding hydrogens is 379 g/mol. The lowest BCUT2D eigenvalue weighted by atomic mass is 10.1. The van der Waals surface area contributed by atoms with Crippen LogP contribution in [0.1, 0.15) is 25.7 Å². The summed E-state index contributed by atoms with van der Waals surface area (Å²) in [4.78, 5) is 8.20. The fourth-order valence-corrected chi connectivity index (χ4v) is 5.24. The minimum Gasteiger partial charge on any atom is -0.507 e. The summed E-state index contributed by atoms with van der Waals surface area (Å²) in [7, 11) is 0. The van der Waals surface area contributed by atoms with Crippen LogP contribution in [0.3, 0.4) is 0 Å². The molecule has 2 saturated heterocycles. The molecule has 2 N–H and O–H groups in total. The molecule has 3 aromatic rings. The van der Waals surface area contributed by atoms with Gasteiger partial charge in [0, 0.05) is 35.8 Å². The number of nitrogens with zero attached hydrogens (tertiary/aromatic N) is 5. The van der Waals surface area contributed by atoms with Crippen LogP contribution in [0.15, 0.2) is 42.1 Å². The van der Waals surface area contributed by atoms with Gasteiger partial charge < -0.3 is 15.0 Å². The Morgan fingerprint density at radius 2 is 2.00 bits per heavy atom. The minimum absolute atomic E-state index is 0.109. The van der Waals surface area contributed by atoms with Crippen molar-refractivity contribution >= 4 is 11.8 Å². The number of phenols is 1. The van der Waals surface area contributed by atoms with Gasteiger partial charge in [-0.3, -0.25) is 0 Å². The Bertz CT molecular complexity index is 969. The zero-order valence-corrected chi connectivity index (χ0v) is 15.8. The van der Waals surface area contributed by atoms with E-state index in [1.807, 2.05) is 0 Å². The maximum atomic E-state index is 14.5. The summed E-state index contributed by atoms with van der Waals surface area (Å²) < 4.78 is 16.0. The van der Waals surface area contributed by atoms with Crippen LogP contribution in [0.5, 0.6) is 5.75 Å². The van der Waals surface area contributed by atoms with E-state index in [0.717, 1.165) is 17.9 Å². The predicted molar refractivity (Wildman–Crippen MR) is 103 cm³/mol. The highest BCUT2D eigenvalue weighted by molar-refractivity contribution is 7.99. The third kappa shape index (κ3) is 3.35. The third-order valence-electron chi connectivity index (χ3n) is 5.35. The Labute approximate surface area is 165 Å². The first-order chi connectivity index (χ1) is 13.7. The van der Waals surface area contributed by atoms with Crippen LogP contribution in [0.2, 0.25) is 0 Å². The van der Waals surface area contributed by atoms with E-state index in [4.69, 9.17) is 0 Å². The number of hydrogen-bond donors (Lipinski definition) is 2. The Balaban J connectivity index is 1.35. The Morgan fingerprint density at radius 1 is 1.18 bits per heavy atom. The van der Waals surface area contributed by atoms with Gasteiger partial charge in [-0.25, -0.2) is 14.4 Å². The van der Waals surface area contributed by atoms with Crippen LogP contribution in [0.4, 0.5) is 4.39 Å². The zero-order chi connectivity index (χ0) is 19.1. The molecule has 2 aliphatic heterocycles. The number of aromatic nitrogens is 5. The van der Waals surface area contributed by atoms with Crippen LogP contribution < -0.4 is 5.32 Å². The molecule has 144 valence electrons. The second-order valence-electron chi connectivity index (χ2n) is 7.26. The van der Waals surface area contributed by atoms with E-state index >= 15 is 0 Å². The van der Waals surface area contributed by atoms with Crippen molar-refractivity contribution in [3.05, 3.63) is 42.9 Å². The number of imidazole rings is 1. The summed E-state index contributed by atoms with van der Waals surface area (Å²) in [6.07, 6.45) is 11.0. The first-order valence-electron chi connectivity index (χ1n) is 9.29. The monoisotopic (exact) mass is 398 g/mol. The average molecular weight is 398 g/mol. The van der Waals surface area contributed by atoms with Crippen molar-refractivity contribution < 1.29 is 9.50 Å². The summed E-state index contributed by atoms with van der Waals surface area (Å²) in [5, 5.41) is 23.6. The van der Waals surface area contributed by atoms with Crippen molar-refractivity contribution in [2.24, 2.45) is 0 Å². The molecule has 2 aromatic heterocycles. The lowest BCUT2D eigenvalue weighted by Gasteiger charge is -2.28. The quantitative estimate of drug-likeness (QED) is 0.698. The summed E-state index contributed by atoms with van der Waals surface area (Å²) in [5.74, 6) is -0.413. The van der Waals surface area contributed by atoms with E-state index < -0.39 is 5.82 Å². The molecule has 5 rings (SSSR count). The topological polar surface area (TPSA) is 88.8 Å². The third-order valence-corrected chi connectivity index (χ3v) is 6.49. The SMILES string of the molecule is Oc1cc(-n2ccnc2)c(F)cc1-c1ncc(SC2CC3CCC(C2)N3)nn1. The Morgan fingerprint density at radius 3 is 2.68 bits per heavy atom. The van der Waals surface area contributed by atoms with Crippen LogP contribution in [0.25, 0.3) is 17.1 Å². The molecule has 7 nitrogen and oxygen atoms in total. The predicted octanol–water partition coefficient (Wildman–Crippen LogP) is 2.94. The van der Waals surface area contributed by atoms with Crippen LogP contribution in [-0.4, -0.2) is 47.2 Å². The summed E-state index contributed by atoms with van der Waals surface area (Å²) in [6.45, 7) is 0. The maximum absolute atomic E-state index is 14.5. The zero-order valence-electron chi connectivity index (χ0n) is 15.0. The number of hydrogen-bond acceptors (Lipinski definition) is 7. The molecule has 2 fully saturated rings. The van der Waals surface area contributed by atoms with E-state index in [1.165, 1.54) is 35.9 Å². The van der Waals surface area contributed by atoms with Crippen LogP contribution >= 0.6 is 11.8 Å². The van der Waals surface area contributed by atoms with Gasteiger partial charge in [0.25, 0.3) is 0 Å². The molecule has 2 unspecified atom stereocenters. The van der Waals surface area contributed by atoms with Crippen molar-refractivity contribution in [3.63, 3.8) is 0 Å². The van der Waals surface area contributed by atoms with Gasteiger partial charge in [0.1, 0.15) is 16.6 Å². The molecule has 0 spiro atoms. The van der Waals surface area contributed by atoms with Gasteiger partial charge >= 0.3 is 0 Å². The van der Waals surface area contributed by atoms with Gasteiger partial charge in [0.15, 0.2) is 5.82 Å². The molecule has 2 aliphatic rings. The van der Waals surface area contributed by atoms with Gasteiger partial charge in [0.05, 0.1) is 23.8 Å². The second-order valence-corrected chi connectivity index (χ2v) is 8.58. The van der Waals surface area contributed by atoms with Crippen LogP contribution in [0, 0.1) is 5.82 Å². The van der Waals surface area contributed by atoms with Gasteiger partial charge in [0.2, 0.25) is 0 Å². The summed E-state index contributed by atoms with van der Waals surface area (Å²) >= 11 is 1.70. The summed E-state index contributed by atoms with van der Waals surface area (Å²) in [6, 6.07) is 3.79. The normalized spacial score (nSPS) is 23.8. The van der Waals surface area contributed by atoms with E-state index in [1.54, 1.807) is 30.4 Å². The first-order valence-corrected chi connectivity index (χ1v) is 10.2. The number of benzene rings is 1. The molecule has 9 heteroatoms. The molecule has 1 aromatic carbocycles. The number of thioether (sulfide) groups is 1. The molecule has 0 aliphatic carbocycles. The highest BCUT2D eigenvalue weighted by atomic mass is 32.2. The van der Waals surface area contributed by atoms with E-state index in [-0.39, 0.29) is 22.8 Å². The van der Waals surface area contributed by atoms with Gasteiger partial charge in [-0.2, -0.15) is 0 Å². The smallest absolute Gasteiger partial charge is 0.185 e. The number of nitrogens with one attached hydrogen (secondary N) is 1. The minimum atomic E-state index is -0.502. The van der Waals surface area contributed by atoms with E-state index in [0.29, 0.717) is 17.3 Å². The van der Waals surface area contributed by atoms with Crippen molar-refractivity contribution in [2.75, 3.05) is 0 Å². The highest BCUT2D eigenvalue weighted by Gasteiger charge is 2.34. The van der Waals surface area contributed by atoms with Gasteiger partial charge in [-0.1, -0.05) is 11.8 Å². The number of rotatable bonds is 4. The lowest BCUT2D eigenvalue weighted by molar-refractivity contribution is 0.414. The molecule has 0 radical (unpaired) electrons. The van der Waals surface area contributed by atoms with E-state index in [9.17, 15) is 9.50 Å². The van der Waals surface area contributed by atoms with Crippen molar-refractivity contribution in [1.82, 2.24) is 30.0 Å². The Hall–Kier alpha value is -2.52. The van der Waals surface area contributed by atoms with E-state index in [2.05, 4.69) is 25.5 Å². The number of phenolic OH excluding ortho intramolecular Hbond substituents is 1. The van der Waals surface area contributed by atoms with Crippen molar-refractivity contribution in [2.45, 2.75) is 48.0 Å². The number of piperidine rings is 1. The fourth-order valence-electron chi connectivity index (χ4n) is 4.04. The lowest BCUT2D eigenvalue weighted by Crippen LogP contribution is -2.39. The summed E-state index contributed by atoms with van der Waals surface area (Å²) in [5.41, 5.74) is 0.421.